The fraction of sp³-hybridized carbons (Fsp3) is 0.533. The molecule has 0 saturated carbocycles. The van der Waals surface area contributed by atoms with Gasteiger partial charge in [-0.1, -0.05) is 19.9 Å². The van der Waals surface area contributed by atoms with Crippen LogP contribution < -0.4 is 10.2 Å². The zero-order valence-corrected chi connectivity index (χ0v) is 12.0. The van der Waals surface area contributed by atoms with Gasteiger partial charge in [-0.15, -0.1) is 6.58 Å². The van der Waals surface area contributed by atoms with Gasteiger partial charge in [-0.25, -0.2) is 0 Å². The Balaban J connectivity index is 2.94. The molecule has 1 aromatic heterocycles. The first kappa shape index (κ1) is 14.7. The van der Waals surface area contributed by atoms with E-state index >= 15 is 0 Å². The molecule has 0 aromatic carbocycles. The van der Waals surface area contributed by atoms with Crippen molar-refractivity contribution in [3.63, 3.8) is 0 Å². The Labute approximate surface area is 111 Å². The predicted molar refractivity (Wildman–Crippen MR) is 78.9 cm³/mol. The number of hydrogen-bond donors (Lipinski definition) is 1. The smallest absolute Gasteiger partial charge is 0.0447 e. The van der Waals surface area contributed by atoms with Crippen molar-refractivity contribution in [3.05, 3.63) is 36.7 Å². The van der Waals surface area contributed by atoms with Gasteiger partial charge in [0.25, 0.3) is 0 Å². The summed E-state index contributed by atoms with van der Waals surface area (Å²) in [6.45, 7) is 14.2. The number of hydrogen-bond acceptors (Lipinski definition) is 3. The van der Waals surface area contributed by atoms with E-state index in [0.717, 1.165) is 13.1 Å². The lowest BCUT2D eigenvalue weighted by Crippen LogP contribution is -2.32. The van der Waals surface area contributed by atoms with Crippen molar-refractivity contribution < 1.29 is 0 Å². The summed E-state index contributed by atoms with van der Waals surface area (Å²) in [6, 6.07) is 3.01. The first-order valence-electron chi connectivity index (χ1n) is 6.60. The minimum absolute atomic E-state index is 0.447. The second-order valence-electron chi connectivity index (χ2n) is 5.07. The molecule has 18 heavy (non-hydrogen) atoms. The fourth-order valence-corrected chi connectivity index (χ4v) is 1.88. The zero-order chi connectivity index (χ0) is 13.5. The van der Waals surface area contributed by atoms with E-state index in [1.54, 1.807) is 0 Å². The third-order valence-electron chi connectivity index (χ3n) is 2.84. The molecule has 0 spiro atoms. The minimum Gasteiger partial charge on any atom is -0.365 e. The summed E-state index contributed by atoms with van der Waals surface area (Å²) >= 11 is 0. The minimum atomic E-state index is 0.447. The standard InChI is InChI=1S/C15H25N3/c1-6-9-18(13(4)5)15-7-8-16-10-14(15)11-17-12(2)3/h6-8,10,12-13,17H,1,9,11H2,2-5H3. The molecule has 0 amide bonds. The van der Waals surface area contributed by atoms with Crippen LogP contribution in [0.2, 0.25) is 0 Å². The Bertz CT molecular complexity index is 372. The molecule has 1 aromatic rings. The Morgan fingerprint density at radius 1 is 1.39 bits per heavy atom. The number of pyridine rings is 1. The van der Waals surface area contributed by atoms with Crippen molar-refractivity contribution >= 4 is 5.69 Å². The maximum Gasteiger partial charge on any atom is 0.0447 e. The maximum atomic E-state index is 4.23. The van der Waals surface area contributed by atoms with E-state index in [9.17, 15) is 0 Å². The molecule has 3 nitrogen and oxygen atoms in total. The van der Waals surface area contributed by atoms with Gasteiger partial charge >= 0.3 is 0 Å². The van der Waals surface area contributed by atoms with E-state index in [4.69, 9.17) is 0 Å². The van der Waals surface area contributed by atoms with Crippen LogP contribution in [0.25, 0.3) is 0 Å². The molecular formula is C15H25N3. The first-order valence-corrected chi connectivity index (χ1v) is 6.60. The second-order valence-corrected chi connectivity index (χ2v) is 5.07. The number of aromatic nitrogens is 1. The monoisotopic (exact) mass is 247 g/mol. The summed E-state index contributed by atoms with van der Waals surface area (Å²) in [5.74, 6) is 0. The maximum absolute atomic E-state index is 4.23. The van der Waals surface area contributed by atoms with Gasteiger partial charge in [0, 0.05) is 48.8 Å². The largest absolute Gasteiger partial charge is 0.365 e. The zero-order valence-electron chi connectivity index (χ0n) is 12.0. The van der Waals surface area contributed by atoms with Crippen molar-refractivity contribution in [2.45, 2.75) is 46.3 Å². The molecule has 0 radical (unpaired) electrons. The Kier molecular flexibility index (Phi) is 5.86. The van der Waals surface area contributed by atoms with E-state index in [1.165, 1.54) is 11.3 Å². The average molecular weight is 247 g/mol. The molecule has 1 N–H and O–H groups in total. The lowest BCUT2D eigenvalue weighted by Gasteiger charge is -2.29. The SMILES string of the molecule is C=CCN(c1ccncc1CNC(C)C)C(C)C. The molecule has 0 aliphatic heterocycles. The van der Waals surface area contributed by atoms with Crippen molar-refractivity contribution in [1.82, 2.24) is 10.3 Å². The van der Waals surface area contributed by atoms with Gasteiger partial charge in [0.15, 0.2) is 0 Å². The first-order chi connectivity index (χ1) is 8.56. The van der Waals surface area contributed by atoms with E-state index in [0.29, 0.717) is 12.1 Å². The summed E-state index contributed by atoms with van der Waals surface area (Å²) < 4.78 is 0. The molecule has 1 rings (SSSR count). The second kappa shape index (κ2) is 7.17. The summed E-state index contributed by atoms with van der Waals surface area (Å²) in [7, 11) is 0. The van der Waals surface area contributed by atoms with Crippen molar-refractivity contribution in [2.75, 3.05) is 11.4 Å². The molecule has 0 aliphatic carbocycles. The van der Waals surface area contributed by atoms with Gasteiger partial charge in [-0.05, 0) is 19.9 Å². The van der Waals surface area contributed by atoms with Crippen LogP contribution in [0.5, 0.6) is 0 Å². The molecule has 0 unspecified atom stereocenters. The van der Waals surface area contributed by atoms with Gasteiger partial charge in [-0.2, -0.15) is 0 Å². The molecule has 3 heteroatoms. The average Bonchev–Trinajstić information content (AvgIpc) is 2.33. The summed E-state index contributed by atoms with van der Waals surface area (Å²) in [5, 5.41) is 3.45. The van der Waals surface area contributed by atoms with Crippen LogP contribution in [0.4, 0.5) is 5.69 Å². The molecule has 0 aliphatic rings. The van der Waals surface area contributed by atoms with E-state index < -0.39 is 0 Å². The molecule has 1 heterocycles. The highest BCUT2D eigenvalue weighted by Gasteiger charge is 2.13. The van der Waals surface area contributed by atoms with Crippen LogP contribution in [0, 0.1) is 0 Å². The topological polar surface area (TPSA) is 28.2 Å². The van der Waals surface area contributed by atoms with Crippen LogP contribution in [-0.2, 0) is 6.54 Å². The molecule has 0 bridgehead atoms. The van der Waals surface area contributed by atoms with Gasteiger partial charge < -0.3 is 10.2 Å². The highest BCUT2D eigenvalue weighted by molar-refractivity contribution is 5.53. The number of nitrogens with zero attached hydrogens (tertiary/aromatic N) is 2. The van der Waals surface area contributed by atoms with Gasteiger partial charge in [0.05, 0.1) is 0 Å². The third-order valence-corrected chi connectivity index (χ3v) is 2.84. The van der Waals surface area contributed by atoms with Crippen LogP contribution in [0.15, 0.2) is 31.1 Å². The predicted octanol–water partition coefficient (Wildman–Crippen LogP) is 2.98. The van der Waals surface area contributed by atoms with Crippen molar-refractivity contribution in [2.24, 2.45) is 0 Å². The third kappa shape index (κ3) is 4.15. The normalized spacial score (nSPS) is 11.0. The van der Waals surface area contributed by atoms with Gasteiger partial charge in [0.1, 0.15) is 0 Å². The molecule has 0 atom stereocenters. The summed E-state index contributed by atoms with van der Waals surface area (Å²) in [6.07, 6.45) is 5.75. The summed E-state index contributed by atoms with van der Waals surface area (Å²) in [4.78, 5) is 6.57. The van der Waals surface area contributed by atoms with Crippen LogP contribution in [0.1, 0.15) is 33.3 Å². The Morgan fingerprint density at radius 3 is 2.67 bits per heavy atom. The lowest BCUT2D eigenvalue weighted by atomic mass is 10.1. The Morgan fingerprint density at radius 2 is 2.11 bits per heavy atom. The van der Waals surface area contributed by atoms with Crippen LogP contribution >= 0.6 is 0 Å². The van der Waals surface area contributed by atoms with Crippen molar-refractivity contribution in [3.8, 4) is 0 Å². The highest BCUT2D eigenvalue weighted by Crippen LogP contribution is 2.21. The molecule has 0 fully saturated rings. The quantitative estimate of drug-likeness (QED) is 0.751. The van der Waals surface area contributed by atoms with E-state index in [2.05, 4.69) is 55.5 Å². The van der Waals surface area contributed by atoms with Crippen LogP contribution in [-0.4, -0.2) is 23.6 Å². The van der Waals surface area contributed by atoms with Gasteiger partial charge in [0.2, 0.25) is 0 Å². The Hall–Kier alpha value is -1.35. The molecular weight excluding hydrogens is 222 g/mol. The fourth-order valence-electron chi connectivity index (χ4n) is 1.88. The number of rotatable bonds is 7. The van der Waals surface area contributed by atoms with E-state index in [1.807, 2.05) is 18.5 Å². The van der Waals surface area contributed by atoms with Crippen LogP contribution in [0.3, 0.4) is 0 Å². The molecule has 100 valence electrons. The highest BCUT2D eigenvalue weighted by atomic mass is 15.2. The molecule has 0 saturated heterocycles. The van der Waals surface area contributed by atoms with Crippen molar-refractivity contribution in [1.29, 1.82) is 0 Å². The number of nitrogens with one attached hydrogen (secondary N) is 1. The number of anilines is 1. The lowest BCUT2D eigenvalue weighted by molar-refractivity contribution is 0.585. The summed E-state index contributed by atoms with van der Waals surface area (Å²) in [5.41, 5.74) is 2.48. The van der Waals surface area contributed by atoms with E-state index in [-0.39, 0.29) is 0 Å². The van der Waals surface area contributed by atoms with Gasteiger partial charge in [-0.3, -0.25) is 4.98 Å².